The van der Waals surface area contributed by atoms with Crippen molar-refractivity contribution in [3.05, 3.63) is 0 Å². The van der Waals surface area contributed by atoms with E-state index >= 15 is 0 Å². The van der Waals surface area contributed by atoms with Gasteiger partial charge in [-0.3, -0.25) is 9.69 Å². The molecule has 0 aliphatic carbocycles. The second-order valence-corrected chi connectivity index (χ2v) is 6.81. The van der Waals surface area contributed by atoms with Crippen molar-refractivity contribution < 1.29 is 14.3 Å². The van der Waals surface area contributed by atoms with E-state index in [-0.39, 0.29) is 11.9 Å². The van der Waals surface area contributed by atoms with Gasteiger partial charge in [0, 0.05) is 32.1 Å². The second-order valence-electron chi connectivity index (χ2n) is 6.81. The number of hydrogen-bond acceptors (Lipinski definition) is 4. The molecular formula is C14H25N3O3. The van der Waals surface area contributed by atoms with E-state index in [1.807, 2.05) is 20.8 Å². The summed E-state index contributed by atoms with van der Waals surface area (Å²) in [5, 5.41) is 2.94. The molecule has 0 saturated carbocycles. The number of ether oxygens (including phenoxy) is 1. The Balaban J connectivity index is 1.74. The minimum atomic E-state index is -0.524. The van der Waals surface area contributed by atoms with E-state index in [1.54, 1.807) is 0 Å². The highest BCUT2D eigenvalue weighted by Gasteiger charge is 2.40. The van der Waals surface area contributed by atoms with Crippen LogP contribution in [0.5, 0.6) is 0 Å². The van der Waals surface area contributed by atoms with E-state index < -0.39 is 11.7 Å². The lowest BCUT2D eigenvalue weighted by atomic mass is 9.99. The summed E-state index contributed by atoms with van der Waals surface area (Å²) in [6.45, 7) is 8.83. The first-order valence-electron chi connectivity index (χ1n) is 7.22. The quantitative estimate of drug-likeness (QED) is 0.827. The largest absolute Gasteiger partial charge is 0.444 e. The number of rotatable bonds is 3. The minimum absolute atomic E-state index is 0.0586. The van der Waals surface area contributed by atoms with Gasteiger partial charge in [0.15, 0.2) is 0 Å². The Kier molecular flexibility index (Phi) is 4.22. The predicted molar refractivity (Wildman–Crippen MR) is 75.3 cm³/mol. The number of nitrogens with zero attached hydrogens (tertiary/aromatic N) is 2. The Bertz CT molecular complexity index is 386. The van der Waals surface area contributed by atoms with Crippen LogP contribution < -0.4 is 5.32 Å². The van der Waals surface area contributed by atoms with Crippen molar-refractivity contribution in [2.24, 2.45) is 5.92 Å². The number of carbonyl (C=O) groups is 2. The van der Waals surface area contributed by atoms with Crippen LogP contribution >= 0.6 is 0 Å². The van der Waals surface area contributed by atoms with Gasteiger partial charge in [-0.1, -0.05) is 0 Å². The van der Waals surface area contributed by atoms with Crippen LogP contribution in [-0.4, -0.2) is 66.7 Å². The summed E-state index contributed by atoms with van der Waals surface area (Å²) in [5.41, 5.74) is -0.524. The van der Waals surface area contributed by atoms with Crippen LogP contribution in [0.15, 0.2) is 0 Å². The van der Waals surface area contributed by atoms with Gasteiger partial charge in [-0.2, -0.15) is 0 Å². The van der Waals surface area contributed by atoms with Crippen molar-refractivity contribution >= 4 is 12.0 Å². The molecule has 114 valence electrons. The summed E-state index contributed by atoms with van der Waals surface area (Å²) in [6, 6.07) is -0.359. The molecule has 0 aromatic heterocycles. The van der Waals surface area contributed by atoms with E-state index in [2.05, 4.69) is 17.3 Å². The summed E-state index contributed by atoms with van der Waals surface area (Å²) < 4.78 is 5.29. The van der Waals surface area contributed by atoms with Crippen LogP contribution in [0.2, 0.25) is 0 Å². The van der Waals surface area contributed by atoms with E-state index in [4.69, 9.17) is 4.74 Å². The summed E-state index contributed by atoms with van der Waals surface area (Å²) in [5.74, 6) is 0.482. The molecular weight excluding hydrogens is 258 g/mol. The van der Waals surface area contributed by atoms with Crippen LogP contribution in [-0.2, 0) is 9.53 Å². The Morgan fingerprint density at radius 1 is 1.30 bits per heavy atom. The zero-order chi connectivity index (χ0) is 14.9. The molecule has 0 spiro atoms. The SMILES string of the molecule is CN1CC(CNC(=O)[C@H]2CCN2C(=O)OC(C)(C)C)C1. The summed E-state index contributed by atoms with van der Waals surface area (Å²) in [4.78, 5) is 27.7. The fourth-order valence-electron chi connectivity index (χ4n) is 2.52. The van der Waals surface area contributed by atoms with Crippen molar-refractivity contribution in [3.8, 4) is 0 Å². The molecule has 6 heteroatoms. The number of nitrogens with one attached hydrogen (secondary N) is 1. The van der Waals surface area contributed by atoms with Gasteiger partial charge in [0.2, 0.25) is 5.91 Å². The third-order valence-electron chi connectivity index (χ3n) is 3.66. The standard InChI is InChI=1S/C14H25N3O3/c1-14(2,3)20-13(19)17-6-5-11(17)12(18)15-7-10-8-16(4)9-10/h10-11H,5-9H2,1-4H3,(H,15,18)/t11-/m1/s1. The van der Waals surface area contributed by atoms with Gasteiger partial charge >= 0.3 is 6.09 Å². The number of carbonyl (C=O) groups excluding carboxylic acids is 2. The molecule has 2 aliphatic rings. The maximum Gasteiger partial charge on any atom is 0.410 e. The Hall–Kier alpha value is -1.30. The highest BCUT2D eigenvalue weighted by atomic mass is 16.6. The first-order valence-corrected chi connectivity index (χ1v) is 7.22. The van der Waals surface area contributed by atoms with Crippen LogP contribution in [0, 0.1) is 5.92 Å². The zero-order valence-electron chi connectivity index (χ0n) is 12.8. The van der Waals surface area contributed by atoms with Gasteiger partial charge < -0.3 is 15.0 Å². The molecule has 2 amide bonds. The third kappa shape index (κ3) is 3.62. The second kappa shape index (κ2) is 5.60. The molecule has 0 bridgehead atoms. The van der Waals surface area contributed by atoms with E-state index in [1.165, 1.54) is 4.90 Å². The smallest absolute Gasteiger partial charge is 0.410 e. The molecule has 6 nitrogen and oxygen atoms in total. The molecule has 0 radical (unpaired) electrons. The van der Waals surface area contributed by atoms with E-state index in [9.17, 15) is 9.59 Å². The van der Waals surface area contributed by atoms with Gasteiger partial charge in [-0.15, -0.1) is 0 Å². The fourth-order valence-corrected chi connectivity index (χ4v) is 2.52. The van der Waals surface area contributed by atoms with Gasteiger partial charge in [-0.25, -0.2) is 4.79 Å². The van der Waals surface area contributed by atoms with Gasteiger partial charge in [-0.05, 0) is 34.2 Å². The monoisotopic (exact) mass is 283 g/mol. The molecule has 2 fully saturated rings. The lowest BCUT2D eigenvalue weighted by Gasteiger charge is -2.41. The van der Waals surface area contributed by atoms with Gasteiger partial charge in [0.1, 0.15) is 11.6 Å². The maximum atomic E-state index is 12.1. The average molecular weight is 283 g/mol. The molecule has 2 rings (SSSR count). The van der Waals surface area contributed by atoms with Crippen LogP contribution in [0.25, 0.3) is 0 Å². The molecule has 2 saturated heterocycles. The Morgan fingerprint density at radius 2 is 1.95 bits per heavy atom. The summed E-state index contributed by atoms with van der Waals surface area (Å²) in [6.07, 6.45) is 0.322. The first-order chi connectivity index (χ1) is 9.26. The molecule has 0 unspecified atom stereocenters. The van der Waals surface area contributed by atoms with Crippen molar-refractivity contribution in [2.45, 2.75) is 38.8 Å². The molecule has 1 N–H and O–H groups in total. The first kappa shape index (κ1) is 15.1. The highest BCUT2D eigenvalue weighted by Crippen LogP contribution is 2.21. The number of likely N-dealkylation sites (tertiary alicyclic amines) is 2. The Morgan fingerprint density at radius 3 is 2.40 bits per heavy atom. The minimum Gasteiger partial charge on any atom is -0.444 e. The average Bonchev–Trinajstić information content (AvgIpc) is 2.18. The zero-order valence-corrected chi connectivity index (χ0v) is 12.8. The van der Waals surface area contributed by atoms with Crippen molar-refractivity contribution in [2.75, 3.05) is 33.2 Å². The lowest BCUT2D eigenvalue weighted by Crippen LogP contribution is -2.60. The van der Waals surface area contributed by atoms with Gasteiger partial charge in [0.05, 0.1) is 0 Å². The lowest BCUT2D eigenvalue weighted by molar-refractivity contribution is -0.131. The normalized spacial score (nSPS) is 23.8. The number of amides is 2. The molecule has 1 atom stereocenters. The van der Waals surface area contributed by atoms with Crippen LogP contribution in [0.3, 0.4) is 0 Å². The van der Waals surface area contributed by atoms with Crippen molar-refractivity contribution in [1.82, 2.24) is 15.1 Å². The maximum absolute atomic E-state index is 12.1. The molecule has 2 aliphatic heterocycles. The Labute approximate surface area is 120 Å². The van der Waals surface area contributed by atoms with E-state index in [0.29, 0.717) is 19.0 Å². The molecule has 0 aromatic carbocycles. The van der Waals surface area contributed by atoms with Crippen molar-refractivity contribution in [3.63, 3.8) is 0 Å². The van der Waals surface area contributed by atoms with Crippen LogP contribution in [0.1, 0.15) is 27.2 Å². The fraction of sp³-hybridized carbons (Fsp3) is 0.857. The number of hydrogen-bond donors (Lipinski definition) is 1. The topological polar surface area (TPSA) is 61.9 Å². The summed E-state index contributed by atoms with van der Waals surface area (Å²) in [7, 11) is 2.06. The molecule has 20 heavy (non-hydrogen) atoms. The van der Waals surface area contributed by atoms with E-state index in [0.717, 1.165) is 19.5 Å². The van der Waals surface area contributed by atoms with Crippen molar-refractivity contribution in [1.29, 1.82) is 0 Å². The molecule has 2 heterocycles. The highest BCUT2D eigenvalue weighted by molar-refractivity contribution is 5.87. The van der Waals surface area contributed by atoms with Gasteiger partial charge in [0.25, 0.3) is 0 Å². The molecule has 0 aromatic rings. The van der Waals surface area contributed by atoms with Crippen LogP contribution in [0.4, 0.5) is 4.79 Å². The third-order valence-corrected chi connectivity index (χ3v) is 3.66. The predicted octanol–water partition coefficient (Wildman–Crippen LogP) is 0.674. The summed E-state index contributed by atoms with van der Waals surface area (Å²) >= 11 is 0.